The van der Waals surface area contributed by atoms with E-state index in [0.29, 0.717) is 29.5 Å². The molecule has 1 heterocycles. The number of carbonyl (C=O) groups excluding carboxylic acids is 2. The van der Waals surface area contributed by atoms with Crippen LogP contribution < -0.4 is 10.6 Å². The molecule has 0 saturated carbocycles. The molecule has 6 nitrogen and oxygen atoms in total. The fraction of sp³-hybridized carbons (Fsp3) is 0.529. The van der Waals surface area contributed by atoms with Crippen LogP contribution in [0.1, 0.15) is 34.1 Å². The molecule has 132 valence electrons. The van der Waals surface area contributed by atoms with E-state index in [9.17, 15) is 9.59 Å². The van der Waals surface area contributed by atoms with Gasteiger partial charge in [-0.05, 0) is 39.3 Å². The Bertz CT molecular complexity index is 628. The van der Waals surface area contributed by atoms with E-state index in [1.165, 1.54) is 6.92 Å². The lowest BCUT2D eigenvalue weighted by molar-refractivity contribution is -0.114. The maximum atomic E-state index is 12.1. The molecular formula is C17H24ClN3O3. The lowest BCUT2D eigenvalue weighted by Crippen LogP contribution is -2.36. The van der Waals surface area contributed by atoms with Gasteiger partial charge in [0.1, 0.15) is 5.60 Å². The molecular weight excluding hydrogens is 330 g/mol. The zero-order valence-corrected chi connectivity index (χ0v) is 15.2. The molecule has 1 aliphatic rings. The average molecular weight is 354 g/mol. The maximum Gasteiger partial charge on any atom is 0.410 e. The quantitative estimate of drug-likeness (QED) is 0.868. The summed E-state index contributed by atoms with van der Waals surface area (Å²) in [6, 6.07) is 5.37. The van der Waals surface area contributed by atoms with E-state index in [4.69, 9.17) is 16.3 Å². The summed E-state index contributed by atoms with van der Waals surface area (Å²) >= 11 is 6.26. The third-order valence-electron chi connectivity index (χ3n) is 3.51. The molecule has 0 aliphatic carbocycles. The Morgan fingerprint density at radius 3 is 2.67 bits per heavy atom. The van der Waals surface area contributed by atoms with Gasteiger partial charge < -0.3 is 20.3 Å². The van der Waals surface area contributed by atoms with Gasteiger partial charge in [0.05, 0.1) is 16.4 Å². The number of nitrogens with zero attached hydrogens (tertiary/aromatic N) is 1. The van der Waals surface area contributed by atoms with Crippen molar-refractivity contribution in [3.05, 3.63) is 23.2 Å². The number of halogens is 1. The smallest absolute Gasteiger partial charge is 0.410 e. The molecule has 1 aromatic carbocycles. The number of ether oxygens (including phenoxy) is 1. The van der Waals surface area contributed by atoms with Gasteiger partial charge in [-0.3, -0.25) is 4.79 Å². The Morgan fingerprint density at radius 1 is 1.33 bits per heavy atom. The van der Waals surface area contributed by atoms with Crippen LogP contribution in [-0.4, -0.2) is 41.6 Å². The SMILES string of the molecule is CC(=O)Nc1cccc(Cl)c1N[C@@H]1CCN(C(=O)OC(C)(C)C)C1. The predicted octanol–water partition coefficient (Wildman–Crippen LogP) is 3.72. The van der Waals surface area contributed by atoms with Gasteiger partial charge in [0.2, 0.25) is 5.91 Å². The standard InChI is InChI=1S/C17H24ClN3O3/c1-11(22)19-14-7-5-6-13(18)15(14)20-12-8-9-21(10-12)16(23)24-17(2,3)4/h5-7,12,20H,8-10H2,1-4H3,(H,19,22)/t12-/m1/s1. The molecule has 0 aromatic heterocycles. The van der Waals surface area contributed by atoms with Gasteiger partial charge in [-0.1, -0.05) is 17.7 Å². The van der Waals surface area contributed by atoms with Crippen molar-refractivity contribution >= 4 is 35.0 Å². The van der Waals surface area contributed by atoms with E-state index >= 15 is 0 Å². The van der Waals surface area contributed by atoms with Gasteiger partial charge in [-0.2, -0.15) is 0 Å². The van der Waals surface area contributed by atoms with Gasteiger partial charge in [-0.25, -0.2) is 4.79 Å². The van der Waals surface area contributed by atoms with Crippen molar-refractivity contribution in [1.82, 2.24) is 4.90 Å². The summed E-state index contributed by atoms with van der Waals surface area (Å²) in [5.41, 5.74) is 0.792. The summed E-state index contributed by atoms with van der Waals surface area (Å²) in [5.74, 6) is -0.165. The van der Waals surface area contributed by atoms with Crippen LogP contribution in [0.25, 0.3) is 0 Å². The predicted molar refractivity (Wildman–Crippen MR) is 95.6 cm³/mol. The van der Waals surface area contributed by atoms with E-state index in [1.54, 1.807) is 23.1 Å². The molecule has 1 aromatic rings. The number of likely N-dealkylation sites (tertiary alicyclic amines) is 1. The largest absolute Gasteiger partial charge is 0.444 e. The Morgan fingerprint density at radius 2 is 2.04 bits per heavy atom. The van der Waals surface area contributed by atoms with Gasteiger partial charge >= 0.3 is 6.09 Å². The highest BCUT2D eigenvalue weighted by Crippen LogP contribution is 2.32. The van der Waals surface area contributed by atoms with E-state index in [-0.39, 0.29) is 18.0 Å². The molecule has 0 unspecified atom stereocenters. The molecule has 1 atom stereocenters. The minimum atomic E-state index is -0.510. The first-order valence-corrected chi connectivity index (χ1v) is 8.34. The zero-order chi connectivity index (χ0) is 17.9. The highest BCUT2D eigenvalue weighted by atomic mass is 35.5. The van der Waals surface area contributed by atoms with Gasteiger partial charge in [-0.15, -0.1) is 0 Å². The fourth-order valence-corrected chi connectivity index (χ4v) is 2.77. The second-order valence-corrected chi connectivity index (χ2v) is 7.31. The molecule has 1 aliphatic heterocycles. The van der Waals surface area contributed by atoms with Gasteiger partial charge in [0, 0.05) is 26.1 Å². The molecule has 1 saturated heterocycles. The summed E-state index contributed by atoms with van der Waals surface area (Å²) < 4.78 is 5.40. The summed E-state index contributed by atoms with van der Waals surface area (Å²) in [5, 5.41) is 6.62. The number of carbonyl (C=O) groups is 2. The average Bonchev–Trinajstić information content (AvgIpc) is 2.89. The first-order chi connectivity index (χ1) is 11.2. The topological polar surface area (TPSA) is 70.7 Å². The number of benzene rings is 1. The molecule has 7 heteroatoms. The molecule has 24 heavy (non-hydrogen) atoms. The van der Waals surface area contributed by atoms with Crippen LogP contribution in [0.2, 0.25) is 5.02 Å². The van der Waals surface area contributed by atoms with Gasteiger partial charge in [0.15, 0.2) is 0 Å². The Hall–Kier alpha value is -1.95. The first kappa shape index (κ1) is 18.4. The Kier molecular flexibility index (Phi) is 5.59. The summed E-state index contributed by atoms with van der Waals surface area (Å²) in [6.07, 6.45) is 0.470. The van der Waals surface area contributed by atoms with Crippen LogP contribution >= 0.6 is 11.6 Å². The number of hydrogen-bond donors (Lipinski definition) is 2. The lowest BCUT2D eigenvalue weighted by Gasteiger charge is -2.24. The number of anilines is 2. The summed E-state index contributed by atoms with van der Waals surface area (Å²) in [6.45, 7) is 8.14. The molecule has 2 rings (SSSR count). The molecule has 0 radical (unpaired) electrons. The van der Waals surface area contributed by atoms with Crippen molar-refractivity contribution < 1.29 is 14.3 Å². The summed E-state index contributed by atoms with van der Waals surface area (Å²) in [7, 11) is 0. The molecule has 2 amide bonds. The van der Waals surface area contributed by atoms with Crippen molar-refractivity contribution in [3.63, 3.8) is 0 Å². The van der Waals surface area contributed by atoms with E-state index < -0.39 is 5.60 Å². The van der Waals surface area contributed by atoms with Crippen molar-refractivity contribution in [3.8, 4) is 0 Å². The van der Waals surface area contributed by atoms with Crippen molar-refractivity contribution in [2.75, 3.05) is 23.7 Å². The van der Waals surface area contributed by atoms with Crippen molar-refractivity contribution in [2.45, 2.75) is 45.8 Å². The van der Waals surface area contributed by atoms with Crippen LogP contribution in [0, 0.1) is 0 Å². The highest BCUT2D eigenvalue weighted by Gasteiger charge is 2.30. The van der Waals surface area contributed by atoms with Gasteiger partial charge in [0.25, 0.3) is 0 Å². The molecule has 0 bridgehead atoms. The monoisotopic (exact) mass is 353 g/mol. The van der Waals surface area contributed by atoms with Crippen LogP contribution in [0.5, 0.6) is 0 Å². The zero-order valence-electron chi connectivity index (χ0n) is 14.5. The maximum absolute atomic E-state index is 12.1. The van der Waals surface area contributed by atoms with Crippen LogP contribution in [0.15, 0.2) is 18.2 Å². The third kappa shape index (κ3) is 5.03. The van der Waals surface area contributed by atoms with E-state index in [1.807, 2.05) is 20.8 Å². The fourth-order valence-electron chi connectivity index (χ4n) is 2.54. The molecule has 0 spiro atoms. The van der Waals surface area contributed by atoms with Crippen LogP contribution in [-0.2, 0) is 9.53 Å². The molecule has 2 N–H and O–H groups in total. The second-order valence-electron chi connectivity index (χ2n) is 6.90. The van der Waals surface area contributed by atoms with Crippen LogP contribution in [0.4, 0.5) is 16.2 Å². The van der Waals surface area contributed by atoms with Crippen molar-refractivity contribution in [2.24, 2.45) is 0 Å². The molecule has 1 fully saturated rings. The number of para-hydroxylation sites is 1. The van der Waals surface area contributed by atoms with E-state index in [2.05, 4.69) is 10.6 Å². The first-order valence-electron chi connectivity index (χ1n) is 7.96. The van der Waals surface area contributed by atoms with Crippen molar-refractivity contribution in [1.29, 1.82) is 0 Å². The minimum absolute atomic E-state index is 0.0462. The third-order valence-corrected chi connectivity index (χ3v) is 3.83. The van der Waals surface area contributed by atoms with E-state index in [0.717, 1.165) is 6.42 Å². The Labute approximate surface area is 147 Å². The second kappa shape index (κ2) is 7.30. The number of nitrogens with one attached hydrogen (secondary N) is 2. The minimum Gasteiger partial charge on any atom is -0.444 e. The lowest BCUT2D eigenvalue weighted by atomic mass is 10.2. The number of rotatable bonds is 3. The Balaban J connectivity index is 2.03. The van der Waals surface area contributed by atoms with Crippen LogP contribution in [0.3, 0.4) is 0 Å². The normalized spacial score (nSPS) is 17.5. The number of amides is 2. The highest BCUT2D eigenvalue weighted by molar-refractivity contribution is 6.34. The number of hydrogen-bond acceptors (Lipinski definition) is 4. The summed E-state index contributed by atoms with van der Waals surface area (Å²) in [4.78, 5) is 25.1.